The second kappa shape index (κ2) is 5.72. The Bertz CT molecular complexity index is 315. The first-order valence-electron chi connectivity index (χ1n) is 6.77. The zero-order chi connectivity index (χ0) is 13.9. The quantitative estimate of drug-likeness (QED) is 0.758. The minimum Gasteiger partial charge on any atom is -0.444 e. The van der Waals surface area contributed by atoms with Gasteiger partial charge in [0.25, 0.3) is 0 Å². The Morgan fingerprint density at radius 3 is 2.28 bits per heavy atom. The molecule has 1 rings (SSSR count). The molecule has 0 aromatic carbocycles. The van der Waals surface area contributed by atoms with Gasteiger partial charge in [0.05, 0.1) is 0 Å². The maximum Gasteiger partial charge on any atom is 0.410 e. The van der Waals surface area contributed by atoms with Crippen LogP contribution in [-0.2, 0) is 9.53 Å². The van der Waals surface area contributed by atoms with Crippen LogP contribution < -0.4 is 0 Å². The molecule has 4 nitrogen and oxygen atoms in total. The van der Waals surface area contributed by atoms with Gasteiger partial charge in [0, 0.05) is 24.9 Å². The monoisotopic (exact) mass is 255 g/mol. The molecule has 0 N–H and O–H groups in total. The van der Waals surface area contributed by atoms with E-state index in [2.05, 4.69) is 0 Å². The summed E-state index contributed by atoms with van der Waals surface area (Å²) in [6.45, 7) is 9.92. The van der Waals surface area contributed by atoms with Crippen LogP contribution in [0.4, 0.5) is 4.79 Å². The highest BCUT2D eigenvalue weighted by molar-refractivity contribution is 5.84. The molecule has 0 aromatic heterocycles. The third kappa shape index (κ3) is 4.67. The van der Waals surface area contributed by atoms with E-state index in [1.54, 1.807) is 4.90 Å². The summed E-state index contributed by atoms with van der Waals surface area (Å²) < 4.78 is 5.35. The molecular weight excluding hydrogens is 230 g/mol. The molecule has 0 spiro atoms. The van der Waals surface area contributed by atoms with Gasteiger partial charge < -0.3 is 9.64 Å². The molecule has 104 valence electrons. The van der Waals surface area contributed by atoms with Gasteiger partial charge in [0.15, 0.2) is 0 Å². The highest BCUT2D eigenvalue weighted by Gasteiger charge is 2.32. The lowest BCUT2D eigenvalue weighted by Crippen LogP contribution is -2.43. The van der Waals surface area contributed by atoms with Crippen molar-refractivity contribution >= 4 is 11.9 Å². The number of ketones is 1. The average Bonchev–Trinajstić information content (AvgIpc) is 2.97. The van der Waals surface area contributed by atoms with Crippen molar-refractivity contribution in [3.63, 3.8) is 0 Å². The van der Waals surface area contributed by atoms with E-state index in [0.717, 1.165) is 12.8 Å². The predicted molar refractivity (Wildman–Crippen MR) is 70.4 cm³/mol. The van der Waals surface area contributed by atoms with E-state index in [-0.39, 0.29) is 23.8 Å². The Labute approximate surface area is 110 Å². The number of Topliss-reactive ketones (excluding diaryl/α,β-unsaturated/α-hetero) is 1. The minimum atomic E-state index is -0.495. The van der Waals surface area contributed by atoms with E-state index in [1.807, 2.05) is 34.6 Å². The van der Waals surface area contributed by atoms with E-state index in [1.165, 1.54) is 0 Å². The molecule has 0 saturated heterocycles. The average molecular weight is 255 g/mol. The van der Waals surface area contributed by atoms with Gasteiger partial charge in [0.2, 0.25) is 0 Å². The van der Waals surface area contributed by atoms with Crippen molar-refractivity contribution in [2.75, 3.05) is 6.54 Å². The molecule has 1 aliphatic rings. The molecule has 1 amide bonds. The Morgan fingerprint density at radius 2 is 1.89 bits per heavy atom. The molecule has 1 aliphatic carbocycles. The summed E-state index contributed by atoms with van der Waals surface area (Å²) in [5.74, 6) is 0.536. The summed E-state index contributed by atoms with van der Waals surface area (Å²) in [7, 11) is 0. The smallest absolute Gasteiger partial charge is 0.410 e. The maximum atomic E-state index is 12.0. The standard InChI is InChI=1S/C14H25NO3/c1-6-15(13(17)18-14(3,4)5)10(2)9-12(16)11-7-8-11/h10-11H,6-9H2,1-5H3. The third-order valence-corrected chi connectivity index (χ3v) is 3.03. The van der Waals surface area contributed by atoms with Crippen molar-refractivity contribution in [3.05, 3.63) is 0 Å². The van der Waals surface area contributed by atoms with Crippen LogP contribution in [0, 0.1) is 5.92 Å². The fourth-order valence-corrected chi connectivity index (χ4v) is 1.91. The van der Waals surface area contributed by atoms with E-state index < -0.39 is 5.60 Å². The SMILES string of the molecule is CCN(C(=O)OC(C)(C)C)C(C)CC(=O)C1CC1. The van der Waals surface area contributed by atoms with Gasteiger partial charge >= 0.3 is 6.09 Å². The van der Waals surface area contributed by atoms with Crippen molar-refractivity contribution in [1.82, 2.24) is 4.90 Å². The lowest BCUT2D eigenvalue weighted by molar-refractivity contribution is -0.121. The summed E-state index contributed by atoms with van der Waals surface area (Å²) in [5, 5.41) is 0. The number of nitrogens with zero attached hydrogens (tertiary/aromatic N) is 1. The molecule has 1 saturated carbocycles. The Hall–Kier alpha value is -1.06. The van der Waals surface area contributed by atoms with Gasteiger partial charge in [-0.05, 0) is 47.5 Å². The molecule has 18 heavy (non-hydrogen) atoms. The van der Waals surface area contributed by atoms with Crippen molar-refractivity contribution in [2.45, 2.75) is 65.5 Å². The van der Waals surface area contributed by atoms with Gasteiger partial charge in [-0.3, -0.25) is 4.79 Å². The van der Waals surface area contributed by atoms with E-state index in [9.17, 15) is 9.59 Å². The number of amides is 1. The first-order valence-corrected chi connectivity index (χ1v) is 6.77. The normalized spacial score (nSPS) is 17.2. The van der Waals surface area contributed by atoms with Crippen LogP contribution in [0.15, 0.2) is 0 Å². The molecule has 0 bridgehead atoms. The van der Waals surface area contributed by atoms with Crippen LogP contribution in [-0.4, -0.2) is 35.0 Å². The molecular formula is C14H25NO3. The topological polar surface area (TPSA) is 46.6 Å². The van der Waals surface area contributed by atoms with Gasteiger partial charge in [-0.1, -0.05) is 0 Å². The Morgan fingerprint density at radius 1 is 1.33 bits per heavy atom. The second-order valence-electron chi connectivity index (χ2n) is 6.06. The van der Waals surface area contributed by atoms with E-state index in [4.69, 9.17) is 4.74 Å². The predicted octanol–water partition coefficient (Wildman–Crippen LogP) is 3.00. The number of carbonyl (C=O) groups is 2. The molecule has 1 fully saturated rings. The maximum absolute atomic E-state index is 12.0. The van der Waals surface area contributed by atoms with Gasteiger partial charge in [-0.25, -0.2) is 4.79 Å². The van der Waals surface area contributed by atoms with Crippen LogP contribution >= 0.6 is 0 Å². The van der Waals surface area contributed by atoms with Crippen molar-refractivity contribution in [3.8, 4) is 0 Å². The number of carbonyl (C=O) groups excluding carboxylic acids is 2. The molecule has 0 radical (unpaired) electrons. The largest absolute Gasteiger partial charge is 0.444 e. The van der Waals surface area contributed by atoms with E-state index in [0.29, 0.717) is 13.0 Å². The molecule has 0 aromatic rings. The number of ether oxygens (including phenoxy) is 1. The summed E-state index contributed by atoms with van der Waals surface area (Å²) in [5.41, 5.74) is -0.495. The fourth-order valence-electron chi connectivity index (χ4n) is 1.91. The van der Waals surface area contributed by atoms with Gasteiger partial charge in [-0.2, -0.15) is 0 Å². The molecule has 0 aliphatic heterocycles. The molecule has 0 heterocycles. The minimum absolute atomic E-state index is 0.0852. The number of rotatable bonds is 5. The zero-order valence-corrected chi connectivity index (χ0v) is 12.2. The van der Waals surface area contributed by atoms with Crippen LogP contribution in [0.25, 0.3) is 0 Å². The van der Waals surface area contributed by atoms with Crippen molar-refractivity contribution in [1.29, 1.82) is 0 Å². The third-order valence-electron chi connectivity index (χ3n) is 3.03. The van der Waals surface area contributed by atoms with Crippen LogP contribution in [0.2, 0.25) is 0 Å². The van der Waals surface area contributed by atoms with Crippen LogP contribution in [0.3, 0.4) is 0 Å². The first kappa shape index (κ1) is 15.0. The highest BCUT2D eigenvalue weighted by Crippen LogP contribution is 2.31. The van der Waals surface area contributed by atoms with Gasteiger partial charge in [0.1, 0.15) is 11.4 Å². The Balaban J connectivity index is 2.52. The summed E-state index contributed by atoms with van der Waals surface area (Å²) in [4.78, 5) is 25.4. The molecule has 1 atom stereocenters. The Kier molecular flexibility index (Phi) is 4.77. The lowest BCUT2D eigenvalue weighted by atomic mass is 10.1. The molecule has 1 unspecified atom stereocenters. The lowest BCUT2D eigenvalue weighted by Gasteiger charge is -2.30. The van der Waals surface area contributed by atoms with Crippen molar-refractivity contribution in [2.24, 2.45) is 5.92 Å². The number of hydrogen-bond acceptors (Lipinski definition) is 3. The van der Waals surface area contributed by atoms with Gasteiger partial charge in [-0.15, -0.1) is 0 Å². The zero-order valence-electron chi connectivity index (χ0n) is 12.2. The molecule has 4 heteroatoms. The fraction of sp³-hybridized carbons (Fsp3) is 0.857. The second-order valence-corrected chi connectivity index (χ2v) is 6.06. The first-order chi connectivity index (χ1) is 8.24. The summed E-state index contributed by atoms with van der Waals surface area (Å²) >= 11 is 0. The summed E-state index contributed by atoms with van der Waals surface area (Å²) in [6, 6.07) is -0.0852. The summed E-state index contributed by atoms with van der Waals surface area (Å²) in [6.07, 6.45) is 2.15. The van der Waals surface area contributed by atoms with Crippen LogP contribution in [0.1, 0.15) is 53.9 Å². The van der Waals surface area contributed by atoms with E-state index >= 15 is 0 Å². The van der Waals surface area contributed by atoms with Crippen molar-refractivity contribution < 1.29 is 14.3 Å². The van der Waals surface area contributed by atoms with Crippen LogP contribution in [0.5, 0.6) is 0 Å². The number of hydrogen-bond donors (Lipinski definition) is 0. The highest BCUT2D eigenvalue weighted by atomic mass is 16.6.